The van der Waals surface area contributed by atoms with Crippen molar-refractivity contribution in [2.45, 2.75) is 32.3 Å². The standard InChI is InChI=1S/C13H20N2O/c1-4-5-11(16)8-10-6-7-12(14-2)13(9-10)15-3/h6-7,9,11,14,16H,3-5,8H2,1-2H3. The van der Waals surface area contributed by atoms with Gasteiger partial charge in [0.2, 0.25) is 0 Å². The fourth-order valence-corrected chi connectivity index (χ4v) is 1.75. The Hall–Kier alpha value is -1.35. The van der Waals surface area contributed by atoms with Gasteiger partial charge in [0, 0.05) is 7.05 Å². The molecule has 0 fully saturated rings. The molecule has 0 heterocycles. The van der Waals surface area contributed by atoms with Gasteiger partial charge in [-0.15, -0.1) is 0 Å². The van der Waals surface area contributed by atoms with Crippen molar-refractivity contribution >= 4 is 18.1 Å². The quantitative estimate of drug-likeness (QED) is 0.724. The molecule has 0 saturated heterocycles. The molecule has 1 aromatic carbocycles. The molecule has 2 N–H and O–H groups in total. The number of nitrogens with zero attached hydrogens (tertiary/aromatic N) is 1. The zero-order valence-electron chi connectivity index (χ0n) is 10.0. The van der Waals surface area contributed by atoms with Crippen LogP contribution in [0, 0.1) is 0 Å². The predicted molar refractivity (Wildman–Crippen MR) is 69.8 cm³/mol. The average molecular weight is 220 g/mol. The van der Waals surface area contributed by atoms with Crippen LogP contribution in [0.1, 0.15) is 25.3 Å². The lowest BCUT2D eigenvalue weighted by Crippen LogP contribution is -2.09. The number of rotatable bonds is 6. The minimum absolute atomic E-state index is 0.261. The van der Waals surface area contributed by atoms with Crippen molar-refractivity contribution in [1.82, 2.24) is 0 Å². The van der Waals surface area contributed by atoms with Crippen LogP contribution in [0.3, 0.4) is 0 Å². The Bertz CT molecular complexity index is 350. The molecule has 88 valence electrons. The summed E-state index contributed by atoms with van der Waals surface area (Å²) in [4.78, 5) is 3.96. The van der Waals surface area contributed by atoms with E-state index in [0.29, 0.717) is 6.42 Å². The van der Waals surface area contributed by atoms with Crippen LogP contribution in [0.25, 0.3) is 0 Å². The third-order valence-corrected chi connectivity index (χ3v) is 2.60. The molecule has 1 unspecified atom stereocenters. The van der Waals surface area contributed by atoms with E-state index >= 15 is 0 Å². The highest BCUT2D eigenvalue weighted by Gasteiger charge is 2.06. The molecule has 0 bridgehead atoms. The molecule has 16 heavy (non-hydrogen) atoms. The summed E-state index contributed by atoms with van der Waals surface area (Å²) in [6.45, 7) is 5.62. The summed E-state index contributed by atoms with van der Waals surface area (Å²) in [6, 6.07) is 5.95. The second kappa shape index (κ2) is 6.28. The average Bonchev–Trinajstić information content (AvgIpc) is 2.29. The van der Waals surface area contributed by atoms with Gasteiger partial charge in [-0.2, -0.15) is 0 Å². The van der Waals surface area contributed by atoms with Crippen molar-refractivity contribution in [2.75, 3.05) is 12.4 Å². The lowest BCUT2D eigenvalue weighted by Gasteiger charge is -2.11. The third-order valence-electron chi connectivity index (χ3n) is 2.60. The highest BCUT2D eigenvalue weighted by molar-refractivity contribution is 5.68. The summed E-state index contributed by atoms with van der Waals surface area (Å²) < 4.78 is 0. The van der Waals surface area contributed by atoms with Crippen molar-refractivity contribution in [3.63, 3.8) is 0 Å². The maximum Gasteiger partial charge on any atom is 0.0856 e. The second-order valence-corrected chi connectivity index (χ2v) is 3.91. The number of aliphatic imine (C=N–C) groups is 1. The molecule has 0 saturated carbocycles. The summed E-state index contributed by atoms with van der Waals surface area (Å²) >= 11 is 0. The zero-order chi connectivity index (χ0) is 12.0. The highest BCUT2D eigenvalue weighted by atomic mass is 16.3. The van der Waals surface area contributed by atoms with Crippen molar-refractivity contribution < 1.29 is 5.11 Å². The first kappa shape index (κ1) is 12.7. The Labute approximate surface area is 97.2 Å². The van der Waals surface area contributed by atoms with Gasteiger partial charge >= 0.3 is 0 Å². The Morgan fingerprint density at radius 3 is 2.81 bits per heavy atom. The first-order chi connectivity index (χ1) is 7.71. The molecule has 0 aliphatic carbocycles. The van der Waals surface area contributed by atoms with Crippen LogP contribution in [-0.4, -0.2) is 25.0 Å². The van der Waals surface area contributed by atoms with E-state index in [1.165, 1.54) is 0 Å². The molecule has 1 rings (SSSR count). The molecule has 3 nitrogen and oxygen atoms in total. The van der Waals surface area contributed by atoms with Gasteiger partial charge in [0.1, 0.15) is 0 Å². The minimum Gasteiger partial charge on any atom is -0.393 e. The van der Waals surface area contributed by atoms with Crippen LogP contribution >= 0.6 is 0 Å². The molecule has 0 aliphatic rings. The van der Waals surface area contributed by atoms with Crippen LogP contribution in [-0.2, 0) is 6.42 Å². The minimum atomic E-state index is -0.261. The number of nitrogens with one attached hydrogen (secondary N) is 1. The highest BCUT2D eigenvalue weighted by Crippen LogP contribution is 2.26. The zero-order valence-corrected chi connectivity index (χ0v) is 10.0. The van der Waals surface area contributed by atoms with Crippen molar-refractivity contribution in [2.24, 2.45) is 4.99 Å². The number of aliphatic hydroxyl groups is 1. The molecular weight excluding hydrogens is 200 g/mol. The van der Waals surface area contributed by atoms with Gasteiger partial charge in [-0.05, 0) is 37.3 Å². The van der Waals surface area contributed by atoms with E-state index in [9.17, 15) is 5.11 Å². The lowest BCUT2D eigenvalue weighted by molar-refractivity contribution is 0.164. The molecule has 1 aromatic rings. The molecule has 0 aromatic heterocycles. The van der Waals surface area contributed by atoms with Gasteiger partial charge in [0.25, 0.3) is 0 Å². The maximum atomic E-state index is 9.73. The third kappa shape index (κ3) is 3.35. The Morgan fingerprint density at radius 1 is 1.50 bits per heavy atom. The number of aliphatic hydroxyl groups excluding tert-OH is 1. The Morgan fingerprint density at radius 2 is 2.25 bits per heavy atom. The number of hydrogen-bond acceptors (Lipinski definition) is 3. The first-order valence-electron chi connectivity index (χ1n) is 5.66. The lowest BCUT2D eigenvalue weighted by atomic mass is 10.0. The monoisotopic (exact) mass is 220 g/mol. The Kier molecular flexibility index (Phi) is 4.99. The van der Waals surface area contributed by atoms with Gasteiger partial charge in [0.05, 0.1) is 17.5 Å². The van der Waals surface area contributed by atoms with Gasteiger partial charge < -0.3 is 10.4 Å². The van der Waals surface area contributed by atoms with Crippen LogP contribution in [0.15, 0.2) is 23.2 Å². The molecule has 0 spiro atoms. The fraction of sp³-hybridized carbons (Fsp3) is 0.462. The molecule has 0 radical (unpaired) electrons. The van der Waals surface area contributed by atoms with Crippen LogP contribution in [0.4, 0.5) is 11.4 Å². The van der Waals surface area contributed by atoms with Gasteiger partial charge in [-0.1, -0.05) is 19.4 Å². The van der Waals surface area contributed by atoms with E-state index in [4.69, 9.17) is 0 Å². The van der Waals surface area contributed by atoms with Gasteiger partial charge in [-0.3, -0.25) is 4.99 Å². The molecule has 0 aliphatic heterocycles. The SMILES string of the molecule is C=Nc1cc(CC(O)CCC)ccc1NC. The first-order valence-corrected chi connectivity index (χ1v) is 5.66. The normalized spacial score (nSPS) is 12.2. The second-order valence-electron chi connectivity index (χ2n) is 3.91. The molecule has 0 amide bonds. The van der Waals surface area contributed by atoms with E-state index in [2.05, 4.69) is 24.0 Å². The van der Waals surface area contributed by atoms with E-state index in [1.54, 1.807) is 0 Å². The van der Waals surface area contributed by atoms with E-state index in [-0.39, 0.29) is 6.10 Å². The van der Waals surface area contributed by atoms with E-state index in [0.717, 1.165) is 29.8 Å². The summed E-state index contributed by atoms with van der Waals surface area (Å²) in [7, 11) is 1.86. The summed E-state index contributed by atoms with van der Waals surface area (Å²) in [6.07, 6.45) is 2.26. The van der Waals surface area contributed by atoms with Crippen molar-refractivity contribution in [1.29, 1.82) is 0 Å². The van der Waals surface area contributed by atoms with Crippen LogP contribution in [0.2, 0.25) is 0 Å². The fourth-order valence-electron chi connectivity index (χ4n) is 1.75. The van der Waals surface area contributed by atoms with Gasteiger partial charge in [-0.25, -0.2) is 0 Å². The van der Waals surface area contributed by atoms with Crippen molar-refractivity contribution in [3.05, 3.63) is 23.8 Å². The molecule has 3 heteroatoms. The van der Waals surface area contributed by atoms with Crippen LogP contribution < -0.4 is 5.32 Å². The number of benzene rings is 1. The molecular formula is C13H20N2O. The van der Waals surface area contributed by atoms with E-state index < -0.39 is 0 Å². The summed E-state index contributed by atoms with van der Waals surface area (Å²) in [5.74, 6) is 0. The Balaban J connectivity index is 2.78. The topological polar surface area (TPSA) is 44.6 Å². The van der Waals surface area contributed by atoms with Crippen LogP contribution in [0.5, 0.6) is 0 Å². The van der Waals surface area contributed by atoms with Gasteiger partial charge in [0.15, 0.2) is 0 Å². The largest absolute Gasteiger partial charge is 0.393 e. The van der Waals surface area contributed by atoms with Crippen molar-refractivity contribution in [3.8, 4) is 0 Å². The summed E-state index contributed by atoms with van der Waals surface area (Å²) in [5.41, 5.74) is 2.90. The number of anilines is 1. The number of hydrogen-bond donors (Lipinski definition) is 2. The van der Waals surface area contributed by atoms with E-state index in [1.807, 2.05) is 25.2 Å². The summed E-state index contributed by atoms with van der Waals surface area (Å²) in [5, 5.41) is 12.8. The predicted octanol–water partition coefficient (Wildman–Crippen LogP) is 2.76. The smallest absolute Gasteiger partial charge is 0.0856 e. The molecule has 1 atom stereocenters. The maximum absolute atomic E-state index is 9.73.